The molecule has 0 fully saturated rings. The third kappa shape index (κ3) is 3.34. The first-order valence-electron chi connectivity index (χ1n) is 6.55. The second-order valence-corrected chi connectivity index (χ2v) is 5.72. The highest BCUT2D eigenvalue weighted by Gasteiger charge is 2.27. The van der Waals surface area contributed by atoms with Crippen LogP contribution in [0.1, 0.15) is 11.4 Å². The predicted octanol–water partition coefficient (Wildman–Crippen LogP) is 3.37. The summed E-state index contributed by atoms with van der Waals surface area (Å²) in [5, 5.41) is 16.4. The van der Waals surface area contributed by atoms with Crippen LogP contribution >= 0.6 is 15.9 Å². The number of hydrogen-bond acceptors (Lipinski definition) is 4. The largest absolute Gasteiger partial charge is 0.319 e. The highest BCUT2D eigenvalue weighted by molar-refractivity contribution is 9.10. The van der Waals surface area contributed by atoms with Crippen molar-refractivity contribution >= 4 is 33.2 Å². The van der Waals surface area contributed by atoms with E-state index >= 15 is 0 Å². The second kappa shape index (κ2) is 6.78. The van der Waals surface area contributed by atoms with E-state index in [-0.39, 0.29) is 17.1 Å². The number of nitrogens with zero attached hydrogens (tertiary/aromatic N) is 3. The van der Waals surface area contributed by atoms with E-state index in [1.54, 1.807) is 5.32 Å². The Labute approximate surface area is 145 Å². The van der Waals surface area contributed by atoms with E-state index in [0.29, 0.717) is 0 Å². The van der Waals surface area contributed by atoms with Gasteiger partial charge in [0.15, 0.2) is 23.3 Å². The SMILES string of the molecule is Cc1nn(CC(=O)Nc2c(F)c(F)c(Br)c(F)c2F)c(C)c1[N+](=O)[O-]. The van der Waals surface area contributed by atoms with E-state index < -0.39 is 50.8 Å². The molecule has 0 aliphatic rings. The van der Waals surface area contributed by atoms with Gasteiger partial charge in [-0.3, -0.25) is 19.6 Å². The fourth-order valence-corrected chi connectivity index (χ4v) is 2.48. The quantitative estimate of drug-likeness (QED) is 0.268. The molecule has 12 heteroatoms. The molecule has 0 bridgehead atoms. The van der Waals surface area contributed by atoms with Crippen LogP contribution in [0.3, 0.4) is 0 Å². The van der Waals surface area contributed by atoms with Gasteiger partial charge < -0.3 is 5.32 Å². The molecular weight excluding hydrogens is 416 g/mol. The van der Waals surface area contributed by atoms with Crippen molar-refractivity contribution in [1.29, 1.82) is 0 Å². The van der Waals surface area contributed by atoms with Gasteiger partial charge in [-0.25, -0.2) is 17.6 Å². The van der Waals surface area contributed by atoms with Gasteiger partial charge in [-0.2, -0.15) is 5.10 Å². The summed E-state index contributed by atoms with van der Waals surface area (Å²) < 4.78 is 54.2. The van der Waals surface area contributed by atoms with E-state index in [2.05, 4.69) is 21.0 Å². The maximum atomic E-state index is 13.7. The van der Waals surface area contributed by atoms with Gasteiger partial charge in [0.05, 0.1) is 9.40 Å². The number of carbonyl (C=O) groups excluding carboxylic acids is 1. The number of benzene rings is 1. The van der Waals surface area contributed by atoms with E-state index in [9.17, 15) is 32.5 Å². The summed E-state index contributed by atoms with van der Waals surface area (Å²) in [5.41, 5.74) is -1.55. The Morgan fingerprint density at radius 1 is 1.20 bits per heavy atom. The fourth-order valence-electron chi connectivity index (χ4n) is 2.14. The summed E-state index contributed by atoms with van der Waals surface area (Å²) in [6.07, 6.45) is 0. The smallest absolute Gasteiger partial charge is 0.312 e. The van der Waals surface area contributed by atoms with Gasteiger partial charge in [-0.05, 0) is 29.8 Å². The van der Waals surface area contributed by atoms with Crippen molar-refractivity contribution in [2.24, 2.45) is 0 Å². The van der Waals surface area contributed by atoms with E-state index in [0.717, 1.165) is 4.68 Å². The number of nitro groups is 1. The van der Waals surface area contributed by atoms with Gasteiger partial charge in [-0.1, -0.05) is 0 Å². The molecule has 1 heterocycles. The first-order valence-corrected chi connectivity index (χ1v) is 7.35. The number of hydrogen-bond donors (Lipinski definition) is 1. The lowest BCUT2D eigenvalue weighted by Gasteiger charge is -2.11. The van der Waals surface area contributed by atoms with Crippen molar-refractivity contribution in [3.8, 4) is 0 Å². The van der Waals surface area contributed by atoms with Crippen molar-refractivity contribution in [3.63, 3.8) is 0 Å². The second-order valence-electron chi connectivity index (χ2n) is 4.93. The molecule has 0 unspecified atom stereocenters. The maximum Gasteiger partial charge on any atom is 0.312 e. The molecule has 0 spiro atoms. The number of aryl methyl sites for hydroxylation is 1. The Hall–Kier alpha value is -2.50. The number of halogens is 5. The summed E-state index contributed by atoms with van der Waals surface area (Å²) in [4.78, 5) is 22.1. The normalized spacial score (nSPS) is 10.8. The molecule has 2 aromatic rings. The van der Waals surface area contributed by atoms with Crippen LogP contribution in [0.15, 0.2) is 4.47 Å². The lowest BCUT2D eigenvalue weighted by molar-refractivity contribution is -0.386. The van der Waals surface area contributed by atoms with Crippen LogP contribution in [0.25, 0.3) is 0 Å². The molecule has 1 aromatic heterocycles. The molecule has 1 N–H and O–H groups in total. The summed E-state index contributed by atoms with van der Waals surface area (Å²) in [6, 6.07) is 0. The van der Waals surface area contributed by atoms with Gasteiger partial charge in [-0.15, -0.1) is 0 Å². The number of carbonyl (C=O) groups is 1. The molecule has 0 aliphatic carbocycles. The molecule has 0 saturated carbocycles. The van der Waals surface area contributed by atoms with Gasteiger partial charge in [0.25, 0.3) is 0 Å². The van der Waals surface area contributed by atoms with Crippen LogP contribution in [0, 0.1) is 47.2 Å². The van der Waals surface area contributed by atoms with Crippen molar-refractivity contribution in [2.75, 3.05) is 5.32 Å². The number of amides is 1. The van der Waals surface area contributed by atoms with Crippen molar-refractivity contribution in [3.05, 3.63) is 49.2 Å². The summed E-state index contributed by atoms with van der Waals surface area (Å²) in [5.74, 6) is -8.09. The zero-order chi connectivity index (χ0) is 19.0. The Balaban J connectivity index is 2.31. The Kier molecular flexibility index (Phi) is 5.11. The summed E-state index contributed by atoms with van der Waals surface area (Å²) in [6.45, 7) is 2.02. The van der Waals surface area contributed by atoms with Crippen LogP contribution in [-0.4, -0.2) is 20.6 Å². The Morgan fingerprint density at radius 3 is 2.16 bits per heavy atom. The predicted molar refractivity (Wildman–Crippen MR) is 81.0 cm³/mol. The van der Waals surface area contributed by atoms with Crippen molar-refractivity contribution in [2.45, 2.75) is 20.4 Å². The zero-order valence-electron chi connectivity index (χ0n) is 12.7. The third-order valence-electron chi connectivity index (χ3n) is 3.29. The molecule has 0 saturated heterocycles. The first-order chi connectivity index (χ1) is 11.6. The van der Waals surface area contributed by atoms with Crippen LogP contribution in [-0.2, 0) is 11.3 Å². The molecular formula is C13H9BrF4N4O3. The maximum absolute atomic E-state index is 13.7. The molecule has 7 nitrogen and oxygen atoms in total. The average molecular weight is 425 g/mol. The van der Waals surface area contributed by atoms with Crippen LogP contribution < -0.4 is 5.32 Å². The average Bonchev–Trinajstić information content (AvgIpc) is 2.81. The van der Waals surface area contributed by atoms with E-state index in [1.165, 1.54) is 13.8 Å². The number of aromatic nitrogens is 2. The third-order valence-corrected chi connectivity index (χ3v) is 3.99. The van der Waals surface area contributed by atoms with Crippen molar-refractivity contribution in [1.82, 2.24) is 9.78 Å². The van der Waals surface area contributed by atoms with Gasteiger partial charge >= 0.3 is 5.69 Å². The molecule has 25 heavy (non-hydrogen) atoms. The van der Waals surface area contributed by atoms with E-state index in [1.807, 2.05) is 0 Å². The number of rotatable bonds is 4. The van der Waals surface area contributed by atoms with E-state index in [4.69, 9.17) is 0 Å². The topological polar surface area (TPSA) is 90.1 Å². The lowest BCUT2D eigenvalue weighted by atomic mass is 10.2. The number of anilines is 1. The molecule has 0 aliphatic heterocycles. The molecule has 0 radical (unpaired) electrons. The minimum absolute atomic E-state index is 0.0340. The minimum atomic E-state index is -1.79. The first kappa shape index (κ1) is 18.8. The monoisotopic (exact) mass is 424 g/mol. The van der Waals surface area contributed by atoms with Gasteiger partial charge in [0, 0.05) is 0 Å². The van der Waals surface area contributed by atoms with Crippen LogP contribution in [0.2, 0.25) is 0 Å². The van der Waals surface area contributed by atoms with Gasteiger partial charge in [0.1, 0.15) is 23.6 Å². The van der Waals surface area contributed by atoms with Crippen LogP contribution in [0.4, 0.5) is 28.9 Å². The standard InChI is InChI=1S/C13H9BrF4N4O3/c1-4-13(22(24)25)5(2)21(20-4)3-6(23)19-12-10(17)8(15)7(14)9(16)11(12)18/h3H2,1-2H3,(H,19,23). The molecule has 0 atom stereocenters. The number of nitrogens with one attached hydrogen (secondary N) is 1. The molecule has 134 valence electrons. The lowest BCUT2D eigenvalue weighted by Crippen LogP contribution is -2.22. The highest BCUT2D eigenvalue weighted by Crippen LogP contribution is 2.31. The molecule has 1 amide bonds. The van der Waals surface area contributed by atoms with Crippen LogP contribution in [0.5, 0.6) is 0 Å². The zero-order valence-corrected chi connectivity index (χ0v) is 14.2. The highest BCUT2D eigenvalue weighted by atomic mass is 79.9. The summed E-state index contributed by atoms with van der Waals surface area (Å²) in [7, 11) is 0. The summed E-state index contributed by atoms with van der Waals surface area (Å²) >= 11 is 2.35. The van der Waals surface area contributed by atoms with Crippen molar-refractivity contribution < 1.29 is 27.3 Å². The Morgan fingerprint density at radius 2 is 1.72 bits per heavy atom. The molecule has 2 rings (SSSR count). The molecule has 1 aromatic carbocycles. The fraction of sp³-hybridized carbons (Fsp3) is 0.231. The Bertz CT molecular complexity index is 871. The minimum Gasteiger partial charge on any atom is -0.319 e. The van der Waals surface area contributed by atoms with Gasteiger partial charge in [0.2, 0.25) is 5.91 Å².